The van der Waals surface area contributed by atoms with Crippen LogP contribution in [0.5, 0.6) is 0 Å². The number of amides is 1. The van der Waals surface area contributed by atoms with Gasteiger partial charge in [-0.05, 0) is 31.9 Å². The van der Waals surface area contributed by atoms with Crippen molar-refractivity contribution in [1.29, 1.82) is 0 Å². The summed E-state index contributed by atoms with van der Waals surface area (Å²) in [6, 6.07) is 10.9. The van der Waals surface area contributed by atoms with Crippen LogP contribution in [0.1, 0.15) is 39.0 Å². The van der Waals surface area contributed by atoms with Crippen molar-refractivity contribution in [3.05, 3.63) is 30.3 Å². The molecule has 1 saturated carbocycles. The van der Waals surface area contributed by atoms with Gasteiger partial charge < -0.3 is 15.3 Å². The zero-order valence-electron chi connectivity index (χ0n) is 15.3. The fourth-order valence-electron chi connectivity index (χ4n) is 4.02. The van der Waals surface area contributed by atoms with Crippen molar-refractivity contribution in [2.45, 2.75) is 50.7 Å². The van der Waals surface area contributed by atoms with Gasteiger partial charge in [-0.15, -0.1) is 0 Å². The van der Waals surface area contributed by atoms with Gasteiger partial charge in [-0.1, -0.05) is 31.0 Å². The van der Waals surface area contributed by atoms with Crippen molar-refractivity contribution in [1.82, 2.24) is 10.2 Å². The third-order valence-electron chi connectivity index (χ3n) is 5.68. The Bertz CT molecular complexity index is 549. The second kappa shape index (κ2) is 8.19. The molecule has 2 aliphatic rings. The van der Waals surface area contributed by atoms with Gasteiger partial charge in [-0.3, -0.25) is 9.69 Å². The summed E-state index contributed by atoms with van der Waals surface area (Å²) in [4.78, 5) is 17.0. The third kappa shape index (κ3) is 4.95. The largest absolute Gasteiger partial charge is 0.389 e. The molecule has 1 atom stereocenters. The Morgan fingerprint density at radius 1 is 1.16 bits per heavy atom. The molecule has 1 aromatic carbocycles. The van der Waals surface area contributed by atoms with Gasteiger partial charge in [0, 0.05) is 44.5 Å². The number of benzene rings is 1. The molecule has 3 rings (SSSR count). The van der Waals surface area contributed by atoms with Crippen LogP contribution in [-0.2, 0) is 4.79 Å². The van der Waals surface area contributed by atoms with Gasteiger partial charge >= 0.3 is 0 Å². The summed E-state index contributed by atoms with van der Waals surface area (Å²) in [6.45, 7) is 6.87. The minimum absolute atomic E-state index is 0.0147. The first-order chi connectivity index (χ1) is 12.1. The van der Waals surface area contributed by atoms with E-state index >= 15 is 0 Å². The molecule has 138 valence electrons. The molecule has 1 aromatic rings. The Morgan fingerprint density at radius 3 is 2.44 bits per heavy atom. The van der Waals surface area contributed by atoms with E-state index in [-0.39, 0.29) is 12.3 Å². The zero-order valence-corrected chi connectivity index (χ0v) is 15.3. The van der Waals surface area contributed by atoms with Gasteiger partial charge in [0.15, 0.2) is 0 Å². The molecule has 1 saturated heterocycles. The molecule has 1 unspecified atom stereocenters. The van der Waals surface area contributed by atoms with Crippen LogP contribution in [0.15, 0.2) is 30.3 Å². The fourth-order valence-corrected chi connectivity index (χ4v) is 4.02. The number of hydrogen-bond acceptors (Lipinski definition) is 4. The van der Waals surface area contributed by atoms with E-state index in [0.29, 0.717) is 12.6 Å². The highest BCUT2D eigenvalue weighted by molar-refractivity contribution is 5.77. The molecular formula is C20H31N3O2. The highest BCUT2D eigenvalue weighted by Gasteiger charge is 2.33. The molecular weight excluding hydrogens is 314 g/mol. The lowest BCUT2D eigenvalue weighted by Crippen LogP contribution is -2.52. The van der Waals surface area contributed by atoms with Gasteiger partial charge in [0.1, 0.15) is 0 Å². The van der Waals surface area contributed by atoms with Crippen LogP contribution in [-0.4, -0.2) is 60.3 Å². The molecule has 0 bridgehead atoms. The first kappa shape index (κ1) is 18.2. The summed E-state index contributed by atoms with van der Waals surface area (Å²) in [5, 5.41) is 13.4. The molecule has 0 spiro atoms. The number of aliphatic hydroxyl groups is 1. The lowest BCUT2D eigenvalue weighted by atomic mass is 9.97. The quantitative estimate of drug-likeness (QED) is 0.828. The SMILES string of the molecule is CC(CNC(=O)CC1(O)CCCC1)N1CCN(c2ccccc2)CC1. The summed E-state index contributed by atoms with van der Waals surface area (Å²) in [5.41, 5.74) is 0.530. The predicted octanol–water partition coefficient (Wildman–Crippen LogP) is 2.01. The summed E-state index contributed by atoms with van der Waals surface area (Å²) >= 11 is 0. The highest BCUT2D eigenvalue weighted by atomic mass is 16.3. The normalized spacial score (nSPS) is 21.9. The first-order valence-electron chi connectivity index (χ1n) is 9.59. The van der Waals surface area contributed by atoms with Crippen molar-refractivity contribution in [3.63, 3.8) is 0 Å². The van der Waals surface area contributed by atoms with Crippen LogP contribution >= 0.6 is 0 Å². The number of piperazine rings is 1. The third-order valence-corrected chi connectivity index (χ3v) is 5.68. The van der Waals surface area contributed by atoms with E-state index in [0.717, 1.165) is 51.9 Å². The molecule has 2 N–H and O–H groups in total. The smallest absolute Gasteiger partial charge is 0.222 e. The van der Waals surface area contributed by atoms with Crippen LogP contribution in [0.25, 0.3) is 0 Å². The number of anilines is 1. The van der Waals surface area contributed by atoms with Crippen LogP contribution in [0.4, 0.5) is 5.69 Å². The molecule has 1 amide bonds. The Hall–Kier alpha value is -1.59. The zero-order chi connectivity index (χ0) is 17.7. The standard InChI is InChI=1S/C20H31N3O2/c1-17(16-21-19(24)15-20(25)9-5-6-10-20)22-11-13-23(14-12-22)18-7-3-2-4-8-18/h2-4,7-8,17,25H,5-6,9-16H2,1H3,(H,21,24). The molecule has 5 heteroatoms. The predicted molar refractivity (Wildman–Crippen MR) is 101 cm³/mol. The summed E-state index contributed by atoms with van der Waals surface area (Å²) in [7, 11) is 0. The van der Waals surface area contributed by atoms with Gasteiger partial charge in [0.05, 0.1) is 12.0 Å². The van der Waals surface area contributed by atoms with Crippen LogP contribution in [0.3, 0.4) is 0 Å². The maximum absolute atomic E-state index is 12.1. The molecule has 1 aliphatic heterocycles. The number of nitrogens with one attached hydrogen (secondary N) is 1. The number of rotatable bonds is 6. The van der Waals surface area contributed by atoms with E-state index < -0.39 is 5.60 Å². The summed E-state index contributed by atoms with van der Waals surface area (Å²) in [5.74, 6) is -0.0147. The van der Waals surface area contributed by atoms with E-state index in [4.69, 9.17) is 0 Å². The van der Waals surface area contributed by atoms with Gasteiger partial charge in [0.2, 0.25) is 5.91 Å². The van der Waals surface area contributed by atoms with Gasteiger partial charge in [-0.25, -0.2) is 0 Å². The lowest BCUT2D eigenvalue weighted by molar-refractivity contribution is -0.126. The van der Waals surface area contributed by atoms with Crippen molar-refractivity contribution in [2.24, 2.45) is 0 Å². The van der Waals surface area contributed by atoms with Gasteiger partial charge in [0.25, 0.3) is 0 Å². The topological polar surface area (TPSA) is 55.8 Å². The number of carbonyl (C=O) groups excluding carboxylic acids is 1. The van der Waals surface area contributed by atoms with Gasteiger partial charge in [-0.2, -0.15) is 0 Å². The Morgan fingerprint density at radius 2 is 1.80 bits per heavy atom. The maximum Gasteiger partial charge on any atom is 0.222 e. The van der Waals surface area contributed by atoms with Crippen LogP contribution < -0.4 is 10.2 Å². The van der Waals surface area contributed by atoms with E-state index in [2.05, 4.69) is 46.3 Å². The van der Waals surface area contributed by atoms with Crippen LogP contribution in [0.2, 0.25) is 0 Å². The lowest BCUT2D eigenvalue weighted by Gasteiger charge is -2.39. The highest BCUT2D eigenvalue weighted by Crippen LogP contribution is 2.32. The summed E-state index contributed by atoms with van der Waals surface area (Å²) in [6.07, 6.45) is 3.84. The Labute approximate surface area is 151 Å². The van der Waals surface area contributed by atoms with Crippen molar-refractivity contribution in [3.8, 4) is 0 Å². The minimum atomic E-state index is -0.755. The monoisotopic (exact) mass is 345 g/mol. The minimum Gasteiger partial charge on any atom is -0.389 e. The molecule has 5 nitrogen and oxygen atoms in total. The Balaban J connectivity index is 1.39. The van der Waals surface area contributed by atoms with Crippen molar-refractivity contribution >= 4 is 11.6 Å². The van der Waals surface area contributed by atoms with E-state index in [1.54, 1.807) is 0 Å². The van der Waals surface area contributed by atoms with Crippen LogP contribution in [0, 0.1) is 0 Å². The fraction of sp³-hybridized carbons (Fsp3) is 0.650. The van der Waals surface area contributed by atoms with E-state index in [1.807, 2.05) is 6.07 Å². The number of carbonyl (C=O) groups is 1. The number of para-hydroxylation sites is 1. The number of nitrogens with zero attached hydrogens (tertiary/aromatic N) is 2. The maximum atomic E-state index is 12.1. The van der Waals surface area contributed by atoms with Crippen molar-refractivity contribution < 1.29 is 9.90 Å². The average molecular weight is 345 g/mol. The Kier molecular flexibility index (Phi) is 5.97. The molecule has 2 fully saturated rings. The second-order valence-corrected chi connectivity index (χ2v) is 7.62. The molecule has 1 heterocycles. The molecule has 0 aromatic heterocycles. The second-order valence-electron chi connectivity index (χ2n) is 7.62. The molecule has 0 radical (unpaired) electrons. The number of hydrogen-bond donors (Lipinski definition) is 2. The first-order valence-corrected chi connectivity index (χ1v) is 9.59. The van der Waals surface area contributed by atoms with E-state index in [1.165, 1.54) is 5.69 Å². The molecule has 1 aliphatic carbocycles. The van der Waals surface area contributed by atoms with Crippen molar-refractivity contribution in [2.75, 3.05) is 37.6 Å². The van der Waals surface area contributed by atoms with E-state index in [9.17, 15) is 9.90 Å². The summed E-state index contributed by atoms with van der Waals surface area (Å²) < 4.78 is 0. The molecule has 25 heavy (non-hydrogen) atoms. The average Bonchev–Trinajstić information content (AvgIpc) is 3.06.